The molecule has 0 aromatic rings. The molecule has 1 atom stereocenters. The van der Waals surface area contributed by atoms with Gasteiger partial charge in [0.1, 0.15) is 0 Å². The van der Waals surface area contributed by atoms with E-state index in [1.807, 2.05) is 0 Å². The molecule has 0 bridgehead atoms. The number of halogens is 5. The van der Waals surface area contributed by atoms with Gasteiger partial charge in [0.15, 0.2) is 0 Å². The minimum absolute atomic E-state index is 0.500. The third kappa shape index (κ3) is 5.81. The second kappa shape index (κ2) is 6.13. The Morgan fingerprint density at radius 1 is 1.26 bits per heavy atom. The second-order valence-corrected chi connectivity index (χ2v) is 4.45. The highest BCUT2D eigenvalue weighted by atomic mass is 19.4. The van der Waals surface area contributed by atoms with Crippen molar-refractivity contribution in [2.75, 3.05) is 0 Å². The SMILES string of the molecule is CC(C)(C[C@H](N)C(=O)NOC(=O)C(F)(F)F)C(F)F. The summed E-state index contributed by atoms with van der Waals surface area (Å²) in [4.78, 5) is 24.8. The number of hydroxylamine groups is 1. The first-order valence-electron chi connectivity index (χ1n) is 4.99. The molecule has 0 fully saturated rings. The molecule has 0 radical (unpaired) electrons. The van der Waals surface area contributed by atoms with Crippen molar-refractivity contribution in [1.29, 1.82) is 0 Å². The van der Waals surface area contributed by atoms with E-state index in [2.05, 4.69) is 4.84 Å². The molecule has 1 amide bonds. The Morgan fingerprint density at radius 3 is 2.11 bits per heavy atom. The van der Waals surface area contributed by atoms with Crippen molar-refractivity contribution < 1.29 is 36.4 Å². The van der Waals surface area contributed by atoms with Crippen LogP contribution in [0, 0.1) is 5.41 Å². The molecule has 0 aliphatic rings. The monoisotopic (exact) mass is 292 g/mol. The smallest absolute Gasteiger partial charge is 0.332 e. The number of alkyl halides is 5. The topological polar surface area (TPSA) is 81.4 Å². The molecule has 0 aliphatic carbocycles. The first-order chi connectivity index (χ1) is 8.38. The second-order valence-electron chi connectivity index (χ2n) is 4.45. The fourth-order valence-electron chi connectivity index (χ4n) is 0.979. The maximum absolute atomic E-state index is 12.5. The molecule has 19 heavy (non-hydrogen) atoms. The zero-order valence-corrected chi connectivity index (χ0v) is 10.1. The molecule has 112 valence electrons. The molecule has 0 spiro atoms. The number of hydrogen-bond acceptors (Lipinski definition) is 4. The Balaban J connectivity index is 4.34. The van der Waals surface area contributed by atoms with Crippen molar-refractivity contribution in [3.8, 4) is 0 Å². The van der Waals surface area contributed by atoms with Crippen LogP contribution in [0.3, 0.4) is 0 Å². The Hall–Kier alpha value is -1.45. The van der Waals surface area contributed by atoms with E-state index in [1.54, 1.807) is 0 Å². The van der Waals surface area contributed by atoms with Gasteiger partial charge in [-0.25, -0.2) is 13.6 Å². The first kappa shape index (κ1) is 17.6. The van der Waals surface area contributed by atoms with E-state index in [4.69, 9.17) is 5.73 Å². The molecule has 3 N–H and O–H groups in total. The number of rotatable bonds is 4. The average Bonchev–Trinajstić information content (AvgIpc) is 2.22. The number of carbonyl (C=O) groups excluding carboxylic acids is 2. The molecule has 5 nitrogen and oxygen atoms in total. The summed E-state index contributed by atoms with van der Waals surface area (Å²) in [5, 5.41) is 0. The molecule has 0 saturated carbocycles. The maximum Gasteiger partial charge on any atom is 0.493 e. The predicted octanol–water partition coefficient (Wildman–Crippen LogP) is 1.13. The molecular formula is C9H13F5N2O3. The van der Waals surface area contributed by atoms with E-state index in [-0.39, 0.29) is 0 Å². The van der Waals surface area contributed by atoms with Crippen molar-refractivity contribution in [3.63, 3.8) is 0 Å². The summed E-state index contributed by atoms with van der Waals surface area (Å²) in [5.74, 6) is -3.94. The van der Waals surface area contributed by atoms with Crippen LogP contribution in [-0.4, -0.2) is 30.5 Å². The van der Waals surface area contributed by atoms with Crippen molar-refractivity contribution in [1.82, 2.24) is 5.48 Å². The lowest BCUT2D eigenvalue weighted by molar-refractivity contribution is -0.207. The van der Waals surface area contributed by atoms with Gasteiger partial charge in [-0.3, -0.25) is 4.79 Å². The lowest BCUT2D eigenvalue weighted by atomic mass is 9.86. The van der Waals surface area contributed by atoms with E-state index >= 15 is 0 Å². The Labute approximate surface area is 105 Å². The zero-order valence-electron chi connectivity index (χ0n) is 10.1. The minimum Gasteiger partial charge on any atom is -0.332 e. The van der Waals surface area contributed by atoms with Gasteiger partial charge in [0.2, 0.25) is 6.43 Å². The Morgan fingerprint density at radius 2 is 1.74 bits per heavy atom. The van der Waals surface area contributed by atoms with E-state index in [0.717, 1.165) is 13.8 Å². The van der Waals surface area contributed by atoms with Gasteiger partial charge in [-0.1, -0.05) is 13.8 Å². The van der Waals surface area contributed by atoms with Gasteiger partial charge in [0, 0.05) is 5.41 Å². The summed E-state index contributed by atoms with van der Waals surface area (Å²) in [5.41, 5.74) is 4.78. The molecule has 0 aromatic carbocycles. The molecule has 0 unspecified atom stereocenters. The highest BCUT2D eigenvalue weighted by Gasteiger charge is 2.42. The van der Waals surface area contributed by atoms with Crippen molar-refractivity contribution in [2.24, 2.45) is 11.1 Å². The number of hydrogen-bond donors (Lipinski definition) is 2. The van der Waals surface area contributed by atoms with Crippen LogP contribution in [0.25, 0.3) is 0 Å². The predicted molar refractivity (Wildman–Crippen MR) is 52.7 cm³/mol. The summed E-state index contributed by atoms with van der Waals surface area (Å²) in [6.07, 6.45) is -8.55. The summed E-state index contributed by atoms with van der Waals surface area (Å²) in [6, 6.07) is -1.54. The van der Waals surface area contributed by atoms with E-state index in [0.29, 0.717) is 0 Å². The van der Waals surface area contributed by atoms with Gasteiger partial charge in [-0.05, 0) is 6.42 Å². The highest BCUT2D eigenvalue weighted by molar-refractivity contribution is 5.83. The first-order valence-corrected chi connectivity index (χ1v) is 4.99. The Bertz CT molecular complexity index is 343. The van der Waals surface area contributed by atoms with Crippen LogP contribution < -0.4 is 11.2 Å². The van der Waals surface area contributed by atoms with Gasteiger partial charge < -0.3 is 10.6 Å². The largest absolute Gasteiger partial charge is 0.493 e. The molecule has 10 heteroatoms. The number of nitrogens with two attached hydrogens (primary N) is 1. The third-order valence-electron chi connectivity index (χ3n) is 2.15. The van der Waals surface area contributed by atoms with Crippen LogP contribution in [0.15, 0.2) is 0 Å². The molecule has 0 heterocycles. The van der Waals surface area contributed by atoms with Gasteiger partial charge in [0.05, 0.1) is 6.04 Å². The molecule has 0 saturated heterocycles. The summed E-state index contributed by atoms with van der Waals surface area (Å²) < 4.78 is 60.1. The quantitative estimate of drug-likeness (QED) is 0.601. The van der Waals surface area contributed by atoms with Crippen LogP contribution in [0.4, 0.5) is 22.0 Å². The molecular weight excluding hydrogens is 279 g/mol. The van der Waals surface area contributed by atoms with Gasteiger partial charge in [0.25, 0.3) is 5.91 Å². The summed E-state index contributed by atoms with van der Waals surface area (Å²) in [6.45, 7) is 2.26. The van der Waals surface area contributed by atoms with Crippen LogP contribution in [-0.2, 0) is 14.4 Å². The van der Waals surface area contributed by atoms with Crippen molar-refractivity contribution in [2.45, 2.75) is 38.9 Å². The van der Waals surface area contributed by atoms with Gasteiger partial charge in [-0.15, -0.1) is 0 Å². The highest BCUT2D eigenvalue weighted by Crippen LogP contribution is 2.29. The average molecular weight is 292 g/mol. The number of amides is 1. The fourth-order valence-corrected chi connectivity index (χ4v) is 0.979. The van der Waals surface area contributed by atoms with Gasteiger partial charge >= 0.3 is 12.1 Å². The lowest BCUT2D eigenvalue weighted by Crippen LogP contribution is -2.46. The number of nitrogens with one attached hydrogen (secondary N) is 1. The third-order valence-corrected chi connectivity index (χ3v) is 2.15. The lowest BCUT2D eigenvalue weighted by Gasteiger charge is -2.26. The molecule has 0 aromatic heterocycles. The van der Waals surface area contributed by atoms with Crippen molar-refractivity contribution in [3.05, 3.63) is 0 Å². The maximum atomic E-state index is 12.5. The van der Waals surface area contributed by atoms with Crippen LogP contribution >= 0.6 is 0 Å². The van der Waals surface area contributed by atoms with Crippen LogP contribution in [0.2, 0.25) is 0 Å². The summed E-state index contributed by atoms with van der Waals surface area (Å²) >= 11 is 0. The summed E-state index contributed by atoms with van der Waals surface area (Å²) in [7, 11) is 0. The number of carbonyl (C=O) groups is 2. The van der Waals surface area contributed by atoms with E-state index < -0.39 is 42.4 Å². The van der Waals surface area contributed by atoms with Crippen molar-refractivity contribution >= 4 is 11.9 Å². The fraction of sp³-hybridized carbons (Fsp3) is 0.778. The normalized spacial score (nSPS) is 14.2. The van der Waals surface area contributed by atoms with Crippen LogP contribution in [0.1, 0.15) is 20.3 Å². The standard InChI is InChI=1S/C9H13F5N2O3/c1-8(2,6(10)11)3-4(15)5(17)16-19-7(18)9(12,13)14/h4,6H,3,15H2,1-2H3,(H,16,17)/t4-/m0/s1. The Kier molecular flexibility index (Phi) is 5.66. The molecule has 0 aliphatic heterocycles. The molecule has 0 rings (SSSR count). The van der Waals surface area contributed by atoms with Crippen LogP contribution in [0.5, 0.6) is 0 Å². The zero-order chi connectivity index (χ0) is 15.4. The minimum atomic E-state index is -5.28. The van der Waals surface area contributed by atoms with E-state index in [9.17, 15) is 31.5 Å². The van der Waals surface area contributed by atoms with Gasteiger partial charge in [-0.2, -0.15) is 18.7 Å². The van der Waals surface area contributed by atoms with E-state index in [1.165, 1.54) is 5.48 Å².